The Kier molecular flexibility index (Phi) is 4.83. The Morgan fingerprint density at radius 3 is 2.57 bits per heavy atom. The maximum Gasteiger partial charge on any atom is 0.221 e. The lowest BCUT2D eigenvalue weighted by atomic mass is 9.98. The SMILES string of the molecule is CC(=O)Nc1ccc(N2C(=S)NC(c3ccccn3)C2c2ccn(C)c2)cc1. The summed E-state index contributed by atoms with van der Waals surface area (Å²) < 4.78 is 2.03. The van der Waals surface area contributed by atoms with E-state index in [1.807, 2.05) is 60.3 Å². The summed E-state index contributed by atoms with van der Waals surface area (Å²) >= 11 is 5.70. The van der Waals surface area contributed by atoms with Crippen LogP contribution in [0.5, 0.6) is 0 Å². The Balaban J connectivity index is 1.74. The number of benzene rings is 1. The maximum absolute atomic E-state index is 11.3. The topological polar surface area (TPSA) is 62.2 Å². The molecule has 2 aromatic heterocycles. The summed E-state index contributed by atoms with van der Waals surface area (Å²) in [4.78, 5) is 17.9. The van der Waals surface area contributed by atoms with Crippen molar-refractivity contribution in [1.29, 1.82) is 0 Å². The van der Waals surface area contributed by atoms with Gasteiger partial charge < -0.3 is 20.1 Å². The second-order valence-corrected chi connectivity index (χ2v) is 7.22. The van der Waals surface area contributed by atoms with Gasteiger partial charge in [-0.2, -0.15) is 0 Å². The molecule has 2 N–H and O–H groups in total. The van der Waals surface area contributed by atoms with Gasteiger partial charge in [-0.3, -0.25) is 9.78 Å². The molecule has 0 radical (unpaired) electrons. The summed E-state index contributed by atoms with van der Waals surface area (Å²) in [5.41, 5.74) is 3.80. The van der Waals surface area contributed by atoms with E-state index in [9.17, 15) is 4.79 Å². The van der Waals surface area contributed by atoms with Gasteiger partial charge in [0.2, 0.25) is 5.91 Å². The van der Waals surface area contributed by atoms with E-state index in [4.69, 9.17) is 12.2 Å². The first kappa shape index (κ1) is 18.2. The van der Waals surface area contributed by atoms with Crippen LogP contribution in [0.4, 0.5) is 11.4 Å². The van der Waals surface area contributed by atoms with Crippen LogP contribution in [0.15, 0.2) is 67.1 Å². The third-order valence-electron chi connectivity index (χ3n) is 4.76. The fraction of sp³-hybridized carbons (Fsp3) is 0.190. The lowest BCUT2D eigenvalue weighted by molar-refractivity contribution is -0.114. The molecule has 1 amide bonds. The van der Waals surface area contributed by atoms with Gasteiger partial charge in [0.1, 0.15) is 0 Å². The molecule has 1 fully saturated rings. The van der Waals surface area contributed by atoms with Crippen LogP contribution in [-0.4, -0.2) is 20.6 Å². The number of thiocarbonyl (C=S) groups is 1. The normalized spacial score (nSPS) is 18.8. The molecule has 142 valence electrons. The molecule has 1 aliphatic rings. The predicted octanol–water partition coefficient (Wildman–Crippen LogP) is 3.56. The molecule has 4 rings (SSSR count). The number of carbonyl (C=O) groups is 1. The van der Waals surface area contributed by atoms with Crippen molar-refractivity contribution in [3.63, 3.8) is 0 Å². The van der Waals surface area contributed by atoms with Crippen molar-refractivity contribution in [3.05, 3.63) is 78.4 Å². The van der Waals surface area contributed by atoms with Gasteiger partial charge in [0.25, 0.3) is 0 Å². The van der Waals surface area contributed by atoms with E-state index in [1.54, 1.807) is 6.20 Å². The number of rotatable bonds is 4. The van der Waals surface area contributed by atoms with Crippen molar-refractivity contribution in [2.24, 2.45) is 7.05 Å². The lowest BCUT2D eigenvalue weighted by Gasteiger charge is -2.27. The second kappa shape index (κ2) is 7.44. The molecule has 1 aliphatic heterocycles. The molecule has 3 heterocycles. The van der Waals surface area contributed by atoms with Crippen molar-refractivity contribution in [1.82, 2.24) is 14.9 Å². The number of anilines is 2. The molecular weight excluding hydrogens is 370 g/mol. The minimum absolute atomic E-state index is 0.0322. The number of hydrogen-bond acceptors (Lipinski definition) is 3. The van der Waals surface area contributed by atoms with Gasteiger partial charge in [-0.05, 0) is 60.2 Å². The van der Waals surface area contributed by atoms with E-state index >= 15 is 0 Å². The summed E-state index contributed by atoms with van der Waals surface area (Å²) in [7, 11) is 2.01. The minimum Gasteiger partial charge on any atom is -0.357 e. The van der Waals surface area contributed by atoms with Crippen molar-refractivity contribution in [3.8, 4) is 0 Å². The molecule has 0 bridgehead atoms. The first-order chi connectivity index (χ1) is 13.5. The monoisotopic (exact) mass is 391 g/mol. The molecule has 2 atom stereocenters. The molecule has 0 saturated carbocycles. The highest BCUT2D eigenvalue weighted by Gasteiger charge is 2.40. The van der Waals surface area contributed by atoms with Crippen LogP contribution < -0.4 is 15.5 Å². The Morgan fingerprint density at radius 1 is 1.18 bits per heavy atom. The van der Waals surface area contributed by atoms with Crippen LogP contribution in [0, 0.1) is 0 Å². The Bertz CT molecular complexity index is 999. The van der Waals surface area contributed by atoms with E-state index in [0.717, 1.165) is 22.6 Å². The first-order valence-electron chi connectivity index (χ1n) is 9.03. The number of nitrogens with one attached hydrogen (secondary N) is 2. The number of amides is 1. The van der Waals surface area contributed by atoms with Gasteiger partial charge in [0.15, 0.2) is 5.11 Å². The van der Waals surface area contributed by atoms with Crippen molar-refractivity contribution in [2.45, 2.75) is 19.0 Å². The summed E-state index contributed by atoms with van der Waals surface area (Å²) in [5.74, 6) is -0.0940. The van der Waals surface area contributed by atoms with Crippen LogP contribution >= 0.6 is 12.2 Å². The smallest absolute Gasteiger partial charge is 0.221 e. The van der Waals surface area contributed by atoms with Gasteiger partial charge in [-0.15, -0.1) is 0 Å². The molecular formula is C21H21N5OS. The lowest BCUT2D eigenvalue weighted by Crippen LogP contribution is -2.29. The third-order valence-corrected chi connectivity index (χ3v) is 5.07. The number of aryl methyl sites for hydroxylation is 1. The predicted molar refractivity (Wildman–Crippen MR) is 114 cm³/mol. The number of nitrogens with zero attached hydrogens (tertiary/aromatic N) is 3. The molecule has 3 aromatic rings. The second-order valence-electron chi connectivity index (χ2n) is 6.83. The molecule has 1 saturated heterocycles. The fourth-order valence-electron chi connectivity index (χ4n) is 3.58. The summed E-state index contributed by atoms with van der Waals surface area (Å²) in [6.45, 7) is 1.50. The van der Waals surface area contributed by atoms with Gasteiger partial charge in [0.05, 0.1) is 17.8 Å². The summed E-state index contributed by atoms with van der Waals surface area (Å²) in [6, 6.07) is 15.6. The van der Waals surface area contributed by atoms with Crippen molar-refractivity contribution in [2.75, 3.05) is 10.2 Å². The van der Waals surface area contributed by atoms with E-state index in [-0.39, 0.29) is 18.0 Å². The highest BCUT2D eigenvalue weighted by atomic mass is 32.1. The third kappa shape index (κ3) is 3.48. The Morgan fingerprint density at radius 2 is 1.96 bits per heavy atom. The first-order valence-corrected chi connectivity index (χ1v) is 9.44. The fourth-order valence-corrected chi connectivity index (χ4v) is 3.93. The van der Waals surface area contributed by atoms with Gasteiger partial charge in [-0.25, -0.2) is 0 Å². The molecule has 0 spiro atoms. The zero-order valence-corrected chi connectivity index (χ0v) is 16.5. The van der Waals surface area contributed by atoms with Crippen LogP contribution in [0.25, 0.3) is 0 Å². The Hall–Kier alpha value is -3.19. The molecule has 1 aromatic carbocycles. The Labute approximate surface area is 169 Å². The number of carbonyl (C=O) groups excluding carboxylic acids is 1. The van der Waals surface area contributed by atoms with Crippen LogP contribution in [-0.2, 0) is 11.8 Å². The number of pyridine rings is 1. The average molecular weight is 392 g/mol. The van der Waals surface area contributed by atoms with Gasteiger partial charge >= 0.3 is 0 Å². The zero-order valence-electron chi connectivity index (χ0n) is 15.7. The minimum atomic E-state index is -0.0940. The zero-order chi connectivity index (χ0) is 19.7. The summed E-state index contributed by atoms with van der Waals surface area (Å²) in [6.07, 6.45) is 5.94. The highest BCUT2D eigenvalue weighted by molar-refractivity contribution is 7.80. The van der Waals surface area contributed by atoms with E-state index in [0.29, 0.717) is 5.11 Å². The van der Waals surface area contributed by atoms with Gasteiger partial charge in [-0.1, -0.05) is 6.07 Å². The van der Waals surface area contributed by atoms with Crippen molar-refractivity contribution < 1.29 is 4.79 Å². The van der Waals surface area contributed by atoms with E-state index in [2.05, 4.69) is 32.8 Å². The van der Waals surface area contributed by atoms with Crippen LogP contribution in [0.3, 0.4) is 0 Å². The van der Waals surface area contributed by atoms with Crippen molar-refractivity contribution >= 4 is 34.6 Å². The summed E-state index contributed by atoms with van der Waals surface area (Å²) in [5, 5.41) is 6.88. The number of aromatic nitrogens is 2. The van der Waals surface area contributed by atoms with E-state index < -0.39 is 0 Å². The molecule has 0 aliphatic carbocycles. The maximum atomic E-state index is 11.3. The molecule has 28 heavy (non-hydrogen) atoms. The van der Waals surface area contributed by atoms with Gasteiger partial charge in [0, 0.05) is 43.9 Å². The highest BCUT2D eigenvalue weighted by Crippen LogP contribution is 2.41. The molecule has 6 nitrogen and oxygen atoms in total. The quantitative estimate of drug-likeness (QED) is 0.666. The standard InChI is InChI=1S/C21H21N5OS/c1-14(27)23-16-6-8-17(9-7-16)26-20(15-10-12-25(2)13-15)19(24-21(26)28)18-5-3-4-11-22-18/h3-13,19-20H,1-2H3,(H,23,27)(H,24,28). The largest absolute Gasteiger partial charge is 0.357 e. The average Bonchev–Trinajstić information content (AvgIpc) is 3.26. The number of hydrogen-bond donors (Lipinski definition) is 2. The molecule has 2 unspecified atom stereocenters. The van der Waals surface area contributed by atoms with Crippen LogP contribution in [0.1, 0.15) is 30.3 Å². The van der Waals surface area contributed by atoms with Crippen LogP contribution in [0.2, 0.25) is 0 Å². The van der Waals surface area contributed by atoms with E-state index in [1.165, 1.54) is 6.92 Å². The molecule has 7 heteroatoms.